The molecule has 1 aliphatic carbocycles. The standard InChI is InChI=1S/C11H13FN4O2/c12-5-3-14-11(13)9-8(5)15-4-16(9)6-1-2-7(17)10(6)18/h3-4,6-7,10,17-18H,1-2H2,(H2,13,14)/t6-,7-,10+/m1/s1. The van der Waals surface area contributed by atoms with E-state index in [-0.39, 0.29) is 17.4 Å². The summed E-state index contributed by atoms with van der Waals surface area (Å²) in [5, 5.41) is 19.5. The third-order valence-corrected chi connectivity index (χ3v) is 3.48. The number of nitrogens with zero attached hydrogens (tertiary/aromatic N) is 3. The Labute approximate surface area is 102 Å². The summed E-state index contributed by atoms with van der Waals surface area (Å²) >= 11 is 0. The van der Waals surface area contributed by atoms with Gasteiger partial charge >= 0.3 is 0 Å². The molecule has 7 heteroatoms. The van der Waals surface area contributed by atoms with Crippen LogP contribution in [0.4, 0.5) is 10.2 Å². The predicted molar refractivity (Wildman–Crippen MR) is 62.2 cm³/mol. The lowest BCUT2D eigenvalue weighted by molar-refractivity contribution is 0.0242. The van der Waals surface area contributed by atoms with E-state index in [9.17, 15) is 14.6 Å². The van der Waals surface area contributed by atoms with Crippen LogP contribution in [0.25, 0.3) is 11.0 Å². The summed E-state index contributed by atoms with van der Waals surface area (Å²) in [6.07, 6.45) is 1.87. The second-order valence-electron chi connectivity index (χ2n) is 4.54. The van der Waals surface area contributed by atoms with Crippen LogP contribution >= 0.6 is 0 Å². The van der Waals surface area contributed by atoms with Crippen LogP contribution in [0, 0.1) is 5.82 Å². The first-order chi connectivity index (χ1) is 8.59. The molecule has 96 valence electrons. The molecule has 0 spiro atoms. The summed E-state index contributed by atoms with van der Waals surface area (Å²) in [7, 11) is 0. The monoisotopic (exact) mass is 252 g/mol. The van der Waals surface area contributed by atoms with Gasteiger partial charge in [-0.05, 0) is 12.8 Å². The van der Waals surface area contributed by atoms with Crippen molar-refractivity contribution in [3.8, 4) is 0 Å². The van der Waals surface area contributed by atoms with Gasteiger partial charge in [-0.15, -0.1) is 0 Å². The van der Waals surface area contributed by atoms with Crippen LogP contribution in [-0.4, -0.2) is 37.0 Å². The molecule has 2 heterocycles. The van der Waals surface area contributed by atoms with Crippen molar-refractivity contribution in [3.63, 3.8) is 0 Å². The number of pyridine rings is 1. The first-order valence-corrected chi connectivity index (χ1v) is 5.72. The molecule has 0 bridgehead atoms. The lowest BCUT2D eigenvalue weighted by atomic mass is 10.2. The van der Waals surface area contributed by atoms with Crippen molar-refractivity contribution >= 4 is 16.9 Å². The number of anilines is 1. The van der Waals surface area contributed by atoms with Gasteiger partial charge in [0.2, 0.25) is 0 Å². The number of hydrogen-bond acceptors (Lipinski definition) is 5. The van der Waals surface area contributed by atoms with Crippen molar-refractivity contribution in [1.82, 2.24) is 14.5 Å². The lowest BCUT2D eigenvalue weighted by Crippen LogP contribution is -2.27. The van der Waals surface area contributed by atoms with Gasteiger partial charge in [-0.3, -0.25) is 0 Å². The molecule has 1 saturated carbocycles. The van der Waals surface area contributed by atoms with E-state index in [1.807, 2.05) is 0 Å². The van der Waals surface area contributed by atoms with Crippen LogP contribution in [0.3, 0.4) is 0 Å². The van der Waals surface area contributed by atoms with E-state index in [1.165, 1.54) is 6.33 Å². The molecule has 1 aliphatic rings. The molecule has 0 saturated heterocycles. The third kappa shape index (κ3) is 1.48. The number of halogens is 1. The Morgan fingerprint density at radius 1 is 1.33 bits per heavy atom. The smallest absolute Gasteiger partial charge is 0.169 e. The molecule has 0 aliphatic heterocycles. The Hall–Kier alpha value is -1.73. The number of imidazole rings is 1. The SMILES string of the molecule is Nc1ncc(F)c2ncn([C@@H]3CC[C@@H](O)[C@H]3O)c12. The van der Waals surface area contributed by atoms with Crippen LogP contribution < -0.4 is 5.73 Å². The van der Waals surface area contributed by atoms with Crippen LogP contribution in [0.15, 0.2) is 12.5 Å². The number of rotatable bonds is 1. The molecule has 1 fully saturated rings. The van der Waals surface area contributed by atoms with Gasteiger partial charge in [0, 0.05) is 0 Å². The van der Waals surface area contributed by atoms with E-state index in [0.717, 1.165) is 6.20 Å². The summed E-state index contributed by atoms with van der Waals surface area (Å²) < 4.78 is 15.1. The fraction of sp³-hybridized carbons (Fsp3) is 0.455. The number of aliphatic hydroxyl groups excluding tert-OH is 2. The first-order valence-electron chi connectivity index (χ1n) is 5.72. The maximum absolute atomic E-state index is 13.5. The number of nitrogens with two attached hydrogens (primary N) is 1. The molecule has 0 unspecified atom stereocenters. The average molecular weight is 252 g/mol. The maximum Gasteiger partial charge on any atom is 0.169 e. The first kappa shape index (κ1) is 11.4. The van der Waals surface area contributed by atoms with Crippen LogP contribution in [0.2, 0.25) is 0 Å². The van der Waals surface area contributed by atoms with Crippen molar-refractivity contribution in [1.29, 1.82) is 0 Å². The van der Waals surface area contributed by atoms with Crippen molar-refractivity contribution < 1.29 is 14.6 Å². The van der Waals surface area contributed by atoms with Gasteiger partial charge in [0.05, 0.1) is 24.7 Å². The molecule has 3 rings (SSSR count). The highest BCUT2D eigenvalue weighted by atomic mass is 19.1. The Balaban J connectivity index is 2.16. The third-order valence-electron chi connectivity index (χ3n) is 3.48. The zero-order valence-corrected chi connectivity index (χ0v) is 9.49. The number of aliphatic hydroxyl groups is 2. The predicted octanol–water partition coefficient (Wildman–Crippen LogP) is 0.209. The normalized spacial score (nSPS) is 28.1. The van der Waals surface area contributed by atoms with Gasteiger partial charge in [-0.1, -0.05) is 0 Å². The molecule has 2 aromatic rings. The zero-order chi connectivity index (χ0) is 12.9. The van der Waals surface area contributed by atoms with E-state index in [0.29, 0.717) is 18.4 Å². The van der Waals surface area contributed by atoms with Gasteiger partial charge in [-0.25, -0.2) is 14.4 Å². The molecule has 3 atom stereocenters. The molecule has 0 radical (unpaired) electrons. The Bertz CT molecular complexity index is 600. The summed E-state index contributed by atoms with van der Waals surface area (Å²) in [5.74, 6) is -0.386. The van der Waals surface area contributed by atoms with Crippen molar-refractivity contribution in [2.24, 2.45) is 0 Å². The second kappa shape index (κ2) is 3.89. The lowest BCUT2D eigenvalue weighted by Gasteiger charge is -2.19. The fourth-order valence-electron chi connectivity index (χ4n) is 2.53. The van der Waals surface area contributed by atoms with E-state index >= 15 is 0 Å². The highest BCUT2D eigenvalue weighted by molar-refractivity contribution is 5.85. The minimum absolute atomic E-state index is 0.135. The van der Waals surface area contributed by atoms with Crippen LogP contribution in [0.1, 0.15) is 18.9 Å². The van der Waals surface area contributed by atoms with E-state index < -0.39 is 18.0 Å². The van der Waals surface area contributed by atoms with Gasteiger partial charge in [-0.2, -0.15) is 0 Å². The summed E-state index contributed by atoms with van der Waals surface area (Å²) in [6.45, 7) is 0. The van der Waals surface area contributed by atoms with Crippen LogP contribution in [0.5, 0.6) is 0 Å². The zero-order valence-electron chi connectivity index (χ0n) is 9.49. The maximum atomic E-state index is 13.5. The highest BCUT2D eigenvalue weighted by Crippen LogP contribution is 2.34. The summed E-state index contributed by atoms with van der Waals surface area (Å²) in [5.41, 5.74) is 6.24. The van der Waals surface area contributed by atoms with Gasteiger partial charge in [0.25, 0.3) is 0 Å². The number of nitrogen functional groups attached to an aromatic ring is 1. The van der Waals surface area contributed by atoms with E-state index in [1.54, 1.807) is 4.57 Å². The average Bonchev–Trinajstić information content (AvgIpc) is 2.91. The second-order valence-corrected chi connectivity index (χ2v) is 4.54. The molecule has 2 aromatic heterocycles. The molecule has 0 aromatic carbocycles. The summed E-state index contributed by atoms with van der Waals surface area (Å²) in [4.78, 5) is 7.71. The van der Waals surface area contributed by atoms with Crippen molar-refractivity contribution in [2.75, 3.05) is 5.73 Å². The van der Waals surface area contributed by atoms with E-state index in [2.05, 4.69) is 9.97 Å². The molecule has 18 heavy (non-hydrogen) atoms. The Morgan fingerprint density at radius 2 is 2.11 bits per heavy atom. The minimum Gasteiger partial charge on any atom is -0.390 e. The van der Waals surface area contributed by atoms with Crippen molar-refractivity contribution in [3.05, 3.63) is 18.3 Å². The van der Waals surface area contributed by atoms with E-state index in [4.69, 9.17) is 5.73 Å². The summed E-state index contributed by atoms with van der Waals surface area (Å²) in [6, 6.07) is -0.351. The quantitative estimate of drug-likeness (QED) is 0.674. The van der Waals surface area contributed by atoms with Gasteiger partial charge in [0.1, 0.15) is 23.0 Å². The molecule has 4 N–H and O–H groups in total. The minimum atomic E-state index is -0.898. The largest absolute Gasteiger partial charge is 0.390 e. The number of aromatic nitrogens is 3. The van der Waals surface area contributed by atoms with Gasteiger partial charge in [0.15, 0.2) is 5.82 Å². The van der Waals surface area contributed by atoms with Crippen LogP contribution in [-0.2, 0) is 0 Å². The topological polar surface area (TPSA) is 97.2 Å². The van der Waals surface area contributed by atoms with Crippen molar-refractivity contribution in [2.45, 2.75) is 31.1 Å². The molecule has 0 amide bonds. The number of fused-ring (bicyclic) bond motifs is 1. The van der Waals surface area contributed by atoms with Gasteiger partial charge < -0.3 is 20.5 Å². The molecule has 6 nitrogen and oxygen atoms in total. The fourth-order valence-corrected chi connectivity index (χ4v) is 2.53. The highest BCUT2D eigenvalue weighted by Gasteiger charge is 2.35. The Kier molecular flexibility index (Phi) is 2.46. The number of hydrogen-bond donors (Lipinski definition) is 3. The Morgan fingerprint density at radius 3 is 2.78 bits per heavy atom. The molecular weight excluding hydrogens is 239 g/mol. The molecular formula is C11H13FN4O2.